The van der Waals surface area contributed by atoms with Crippen molar-refractivity contribution < 1.29 is 13.2 Å². The Balaban J connectivity index is 1.73. The molecule has 0 amide bonds. The number of rotatable bonds is 6. The van der Waals surface area contributed by atoms with E-state index < -0.39 is 11.7 Å². The van der Waals surface area contributed by atoms with Crippen LogP contribution in [-0.4, -0.2) is 14.8 Å². The van der Waals surface area contributed by atoms with Crippen LogP contribution < -0.4 is 4.72 Å². The third-order valence-electron chi connectivity index (χ3n) is 5.52. The van der Waals surface area contributed by atoms with Crippen LogP contribution in [-0.2, 0) is 19.3 Å². The molecule has 0 radical (unpaired) electrons. The summed E-state index contributed by atoms with van der Waals surface area (Å²) in [5, 5.41) is 1.67. The average Bonchev–Trinajstić information content (AvgIpc) is 2.98. The molecule has 1 N–H and O–H groups in total. The fraction of sp³-hybridized carbons (Fsp3) is 0.458. The standard InChI is InChI=1S/C24H28F3N3S/c1-23(2,3)15-30-14-16(13-28-31-17-7-6-8-17)18-11-12-21(29-22(18)30)19-9-4-5-10-20(19)24(25,26)27/h4-5,9-12,14,17,28H,6-8,13,15H2,1-3H3. The van der Waals surface area contributed by atoms with Crippen molar-refractivity contribution >= 4 is 23.0 Å². The van der Waals surface area contributed by atoms with Gasteiger partial charge in [-0.1, -0.05) is 57.3 Å². The molecule has 1 aliphatic carbocycles. The first-order valence-electron chi connectivity index (χ1n) is 10.7. The summed E-state index contributed by atoms with van der Waals surface area (Å²) in [7, 11) is 0. The van der Waals surface area contributed by atoms with E-state index in [9.17, 15) is 13.2 Å². The quantitative estimate of drug-likeness (QED) is 0.410. The first kappa shape index (κ1) is 22.2. The van der Waals surface area contributed by atoms with Crippen LogP contribution in [0, 0.1) is 5.41 Å². The van der Waals surface area contributed by atoms with Crippen LogP contribution in [0.25, 0.3) is 22.3 Å². The van der Waals surface area contributed by atoms with Gasteiger partial charge in [0.25, 0.3) is 0 Å². The van der Waals surface area contributed by atoms with Crippen LogP contribution in [0.1, 0.15) is 51.2 Å². The number of benzene rings is 1. The molecule has 3 nitrogen and oxygen atoms in total. The number of hydrogen-bond donors (Lipinski definition) is 1. The molecule has 1 fully saturated rings. The normalized spacial score (nSPS) is 15.4. The van der Waals surface area contributed by atoms with Crippen molar-refractivity contribution in [2.24, 2.45) is 5.41 Å². The highest BCUT2D eigenvalue weighted by molar-refractivity contribution is 7.98. The minimum Gasteiger partial charge on any atom is -0.332 e. The second-order valence-electron chi connectivity index (χ2n) is 9.45. The predicted octanol–water partition coefficient (Wildman–Crippen LogP) is 7.06. The number of hydrogen-bond acceptors (Lipinski definition) is 3. The van der Waals surface area contributed by atoms with Crippen molar-refractivity contribution in [3.63, 3.8) is 0 Å². The molecular formula is C24H28F3N3S. The molecule has 3 aromatic rings. The second kappa shape index (κ2) is 8.51. The van der Waals surface area contributed by atoms with Gasteiger partial charge < -0.3 is 4.57 Å². The van der Waals surface area contributed by atoms with E-state index in [1.165, 1.54) is 31.4 Å². The number of aromatic nitrogens is 2. The summed E-state index contributed by atoms with van der Waals surface area (Å²) in [6, 6.07) is 9.26. The minimum atomic E-state index is -4.42. The molecule has 31 heavy (non-hydrogen) atoms. The molecule has 1 aromatic carbocycles. The highest BCUT2D eigenvalue weighted by Crippen LogP contribution is 2.37. The largest absolute Gasteiger partial charge is 0.417 e. The summed E-state index contributed by atoms with van der Waals surface area (Å²) in [5.41, 5.74) is 1.66. The molecule has 7 heteroatoms. The highest BCUT2D eigenvalue weighted by atomic mass is 32.2. The van der Waals surface area contributed by atoms with Crippen LogP contribution in [0.3, 0.4) is 0 Å². The number of fused-ring (bicyclic) bond motifs is 1. The Morgan fingerprint density at radius 1 is 1.10 bits per heavy atom. The summed E-state index contributed by atoms with van der Waals surface area (Å²) >= 11 is 1.79. The lowest BCUT2D eigenvalue weighted by atomic mass is 9.97. The molecule has 1 aliphatic rings. The van der Waals surface area contributed by atoms with Gasteiger partial charge in [0.15, 0.2) is 0 Å². The zero-order valence-corrected chi connectivity index (χ0v) is 18.9. The van der Waals surface area contributed by atoms with Crippen molar-refractivity contribution in [3.8, 4) is 11.3 Å². The lowest BCUT2D eigenvalue weighted by Gasteiger charge is -2.24. The smallest absolute Gasteiger partial charge is 0.332 e. The number of nitrogens with one attached hydrogen (secondary N) is 1. The van der Waals surface area contributed by atoms with E-state index in [-0.39, 0.29) is 11.0 Å². The first-order chi connectivity index (χ1) is 14.6. The van der Waals surface area contributed by atoms with Crippen molar-refractivity contribution in [1.29, 1.82) is 0 Å². The van der Waals surface area contributed by atoms with E-state index in [2.05, 4.69) is 36.3 Å². The number of nitrogens with zero attached hydrogens (tertiary/aromatic N) is 2. The number of pyridine rings is 1. The van der Waals surface area contributed by atoms with E-state index in [0.29, 0.717) is 17.5 Å². The highest BCUT2D eigenvalue weighted by Gasteiger charge is 2.33. The molecule has 2 aromatic heterocycles. The van der Waals surface area contributed by atoms with E-state index in [0.717, 1.165) is 29.2 Å². The molecule has 0 unspecified atom stereocenters. The van der Waals surface area contributed by atoms with Gasteiger partial charge in [-0.25, -0.2) is 4.98 Å². The van der Waals surface area contributed by atoms with Crippen molar-refractivity contribution in [2.45, 2.75) is 64.5 Å². The van der Waals surface area contributed by atoms with Gasteiger partial charge in [-0.15, -0.1) is 0 Å². The summed E-state index contributed by atoms with van der Waals surface area (Å²) in [5.74, 6) is 0. The van der Waals surface area contributed by atoms with Gasteiger partial charge >= 0.3 is 6.18 Å². The molecule has 0 spiro atoms. The maximum absolute atomic E-state index is 13.5. The van der Waals surface area contributed by atoms with Crippen LogP contribution in [0.2, 0.25) is 0 Å². The topological polar surface area (TPSA) is 29.9 Å². The fourth-order valence-corrected chi connectivity index (χ4v) is 4.88. The van der Waals surface area contributed by atoms with Crippen molar-refractivity contribution in [1.82, 2.24) is 14.3 Å². The van der Waals surface area contributed by atoms with E-state index in [4.69, 9.17) is 4.98 Å². The minimum absolute atomic E-state index is 0.0128. The molecule has 0 saturated heterocycles. The van der Waals surface area contributed by atoms with Gasteiger partial charge in [0, 0.05) is 35.5 Å². The third-order valence-corrected chi connectivity index (χ3v) is 6.64. The van der Waals surface area contributed by atoms with Crippen LogP contribution >= 0.6 is 11.9 Å². The van der Waals surface area contributed by atoms with Gasteiger partial charge in [-0.3, -0.25) is 4.72 Å². The van der Waals surface area contributed by atoms with Gasteiger partial charge in [0.2, 0.25) is 0 Å². The molecule has 0 bridgehead atoms. The van der Waals surface area contributed by atoms with Crippen LogP contribution in [0.15, 0.2) is 42.6 Å². The molecular weight excluding hydrogens is 419 g/mol. The van der Waals surface area contributed by atoms with E-state index in [1.807, 2.05) is 6.07 Å². The third kappa shape index (κ3) is 5.09. The molecule has 0 atom stereocenters. The van der Waals surface area contributed by atoms with Crippen LogP contribution in [0.5, 0.6) is 0 Å². The number of halogens is 3. The Morgan fingerprint density at radius 2 is 1.84 bits per heavy atom. The zero-order chi connectivity index (χ0) is 22.2. The lowest BCUT2D eigenvalue weighted by molar-refractivity contribution is -0.137. The Labute approximate surface area is 185 Å². The summed E-state index contributed by atoms with van der Waals surface area (Å²) in [6.45, 7) is 7.87. The summed E-state index contributed by atoms with van der Waals surface area (Å²) in [6.07, 6.45) is 1.49. The Kier molecular flexibility index (Phi) is 6.10. The maximum atomic E-state index is 13.5. The van der Waals surface area contributed by atoms with Gasteiger partial charge in [0.1, 0.15) is 5.65 Å². The Morgan fingerprint density at radius 3 is 2.48 bits per heavy atom. The first-order valence-corrected chi connectivity index (χ1v) is 11.5. The summed E-state index contributed by atoms with van der Waals surface area (Å²) < 4.78 is 46.2. The molecule has 4 rings (SSSR count). The predicted molar refractivity (Wildman–Crippen MR) is 122 cm³/mol. The van der Waals surface area contributed by atoms with Crippen LogP contribution in [0.4, 0.5) is 13.2 Å². The molecule has 166 valence electrons. The number of alkyl halides is 3. The second-order valence-corrected chi connectivity index (χ2v) is 10.6. The van der Waals surface area contributed by atoms with Gasteiger partial charge in [-0.05, 0) is 42.0 Å². The van der Waals surface area contributed by atoms with E-state index >= 15 is 0 Å². The monoisotopic (exact) mass is 447 g/mol. The van der Waals surface area contributed by atoms with E-state index in [1.54, 1.807) is 24.1 Å². The Bertz CT molecular complexity index is 1060. The lowest BCUT2D eigenvalue weighted by Crippen LogP contribution is -2.19. The SMILES string of the molecule is CC(C)(C)Cn1cc(CNSC2CCC2)c2ccc(-c3ccccc3C(F)(F)F)nc21. The average molecular weight is 448 g/mol. The molecule has 2 heterocycles. The molecule has 1 saturated carbocycles. The van der Waals surface area contributed by atoms with Crippen molar-refractivity contribution in [3.05, 3.63) is 53.7 Å². The molecule has 0 aliphatic heterocycles. The fourth-order valence-electron chi connectivity index (χ4n) is 3.84. The Hall–Kier alpha value is -1.99. The summed E-state index contributed by atoms with van der Waals surface area (Å²) in [4.78, 5) is 4.72. The maximum Gasteiger partial charge on any atom is 0.417 e. The zero-order valence-electron chi connectivity index (χ0n) is 18.1. The van der Waals surface area contributed by atoms with Gasteiger partial charge in [0.05, 0.1) is 11.3 Å². The van der Waals surface area contributed by atoms with Gasteiger partial charge in [-0.2, -0.15) is 13.2 Å². The van der Waals surface area contributed by atoms with Crippen molar-refractivity contribution in [2.75, 3.05) is 0 Å².